The van der Waals surface area contributed by atoms with Crippen molar-refractivity contribution in [3.63, 3.8) is 0 Å². The number of amides is 1. The lowest BCUT2D eigenvalue weighted by Gasteiger charge is -2.10. The number of hydrogen-bond donors (Lipinski definition) is 1. The van der Waals surface area contributed by atoms with Crippen LogP contribution in [0.25, 0.3) is 0 Å². The van der Waals surface area contributed by atoms with Crippen LogP contribution in [0.4, 0.5) is 0 Å². The van der Waals surface area contributed by atoms with E-state index < -0.39 is 0 Å². The highest BCUT2D eigenvalue weighted by atomic mass is 35.5. The molecule has 0 radical (unpaired) electrons. The summed E-state index contributed by atoms with van der Waals surface area (Å²) in [6, 6.07) is 10.7. The van der Waals surface area contributed by atoms with Crippen molar-refractivity contribution >= 4 is 29.1 Å². The fourth-order valence-corrected chi connectivity index (χ4v) is 2.59. The zero-order valence-electron chi connectivity index (χ0n) is 14.7. The maximum atomic E-state index is 11.9. The van der Waals surface area contributed by atoms with E-state index in [1.54, 1.807) is 32.4 Å². The second-order valence-corrected chi connectivity index (χ2v) is 6.28. The van der Waals surface area contributed by atoms with Crippen LogP contribution in [0.2, 0.25) is 10.0 Å². The summed E-state index contributed by atoms with van der Waals surface area (Å²) >= 11 is 11.8. The van der Waals surface area contributed by atoms with Crippen molar-refractivity contribution in [3.8, 4) is 17.2 Å². The van der Waals surface area contributed by atoms with E-state index >= 15 is 0 Å². The fourth-order valence-electron chi connectivity index (χ4n) is 2.30. The van der Waals surface area contributed by atoms with Gasteiger partial charge in [0.15, 0.2) is 11.5 Å². The Balaban J connectivity index is 1.71. The van der Waals surface area contributed by atoms with Gasteiger partial charge in [-0.05, 0) is 36.2 Å². The SMILES string of the molecule is COc1ccc(CCNC(=O)CCOc2ccc(Cl)c(Cl)c2)cc1OC. The molecule has 0 saturated heterocycles. The molecule has 2 aromatic carbocycles. The molecular formula is C19H21Cl2NO4. The molecule has 0 bridgehead atoms. The van der Waals surface area contributed by atoms with Crippen LogP contribution in [0.5, 0.6) is 17.2 Å². The van der Waals surface area contributed by atoms with Gasteiger partial charge < -0.3 is 19.5 Å². The van der Waals surface area contributed by atoms with Gasteiger partial charge in [-0.1, -0.05) is 29.3 Å². The number of halogens is 2. The highest BCUT2D eigenvalue weighted by Gasteiger charge is 2.06. The molecule has 0 spiro atoms. The Morgan fingerprint density at radius 2 is 1.77 bits per heavy atom. The molecule has 0 atom stereocenters. The topological polar surface area (TPSA) is 56.8 Å². The van der Waals surface area contributed by atoms with Crippen LogP contribution in [0.15, 0.2) is 36.4 Å². The Bertz CT molecular complexity index is 752. The minimum atomic E-state index is -0.0782. The van der Waals surface area contributed by atoms with Crippen molar-refractivity contribution in [2.75, 3.05) is 27.4 Å². The summed E-state index contributed by atoms with van der Waals surface area (Å²) in [4.78, 5) is 11.9. The van der Waals surface area contributed by atoms with E-state index in [0.717, 1.165) is 5.56 Å². The van der Waals surface area contributed by atoms with Crippen LogP contribution in [-0.4, -0.2) is 33.3 Å². The zero-order valence-corrected chi connectivity index (χ0v) is 16.2. The molecule has 26 heavy (non-hydrogen) atoms. The quantitative estimate of drug-likeness (QED) is 0.690. The normalized spacial score (nSPS) is 10.3. The lowest BCUT2D eigenvalue weighted by Crippen LogP contribution is -2.27. The molecule has 2 aromatic rings. The van der Waals surface area contributed by atoms with Crippen LogP contribution in [0.3, 0.4) is 0 Å². The van der Waals surface area contributed by atoms with Gasteiger partial charge in [-0.2, -0.15) is 0 Å². The summed E-state index contributed by atoms with van der Waals surface area (Å²) in [5.41, 5.74) is 1.05. The number of hydrogen-bond acceptors (Lipinski definition) is 4. The molecule has 7 heteroatoms. The van der Waals surface area contributed by atoms with E-state index in [2.05, 4.69) is 5.32 Å². The van der Waals surface area contributed by atoms with Crippen LogP contribution in [0.1, 0.15) is 12.0 Å². The molecule has 0 aliphatic rings. The monoisotopic (exact) mass is 397 g/mol. The van der Waals surface area contributed by atoms with Crippen LogP contribution in [-0.2, 0) is 11.2 Å². The summed E-state index contributed by atoms with van der Waals surface area (Å²) < 4.78 is 16.0. The van der Waals surface area contributed by atoms with Gasteiger partial charge in [0.25, 0.3) is 0 Å². The second-order valence-electron chi connectivity index (χ2n) is 5.46. The molecule has 0 aliphatic carbocycles. The fraction of sp³-hybridized carbons (Fsp3) is 0.316. The van der Waals surface area contributed by atoms with Gasteiger partial charge in [-0.3, -0.25) is 4.79 Å². The molecule has 0 aromatic heterocycles. The van der Waals surface area contributed by atoms with Crippen LogP contribution in [0, 0.1) is 0 Å². The molecule has 0 saturated carbocycles. The van der Waals surface area contributed by atoms with E-state index in [9.17, 15) is 4.79 Å². The van der Waals surface area contributed by atoms with Crippen molar-refractivity contribution in [1.82, 2.24) is 5.32 Å². The summed E-state index contributed by atoms with van der Waals surface area (Å²) in [5.74, 6) is 1.86. The van der Waals surface area contributed by atoms with E-state index in [1.165, 1.54) is 0 Å². The van der Waals surface area contributed by atoms with Gasteiger partial charge in [0.05, 0.1) is 37.3 Å². The van der Waals surface area contributed by atoms with E-state index in [0.29, 0.717) is 40.3 Å². The van der Waals surface area contributed by atoms with Gasteiger partial charge in [0, 0.05) is 12.6 Å². The van der Waals surface area contributed by atoms with Gasteiger partial charge in [0.1, 0.15) is 5.75 Å². The summed E-state index contributed by atoms with van der Waals surface area (Å²) in [6.07, 6.45) is 0.950. The molecule has 140 valence electrons. The number of rotatable bonds is 9. The second kappa shape index (κ2) is 10.1. The Hall–Kier alpha value is -2.11. The highest BCUT2D eigenvalue weighted by Crippen LogP contribution is 2.28. The number of benzene rings is 2. The maximum Gasteiger partial charge on any atom is 0.223 e. The van der Waals surface area contributed by atoms with Gasteiger partial charge in [0.2, 0.25) is 5.91 Å². The molecule has 0 aliphatic heterocycles. The van der Waals surface area contributed by atoms with Crippen LogP contribution >= 0.6 is 23.2 Å². The maximum absolute atomic E-state index is 11.9. The minimum Gasteiger partial charge on any atom is -0.493 e. The largest absolute Gasteiger partial charge is 0.493 e. The molecule has 0 fully saturated rings. The Labute approximate surface area is 163 Å². The third kappa shape index (κ3) is 6.00. The number of carbonyl (C=O) groups is 1. The van der Waals surface area contributed by atoms with Crippen molar-refractivity contribution in [2.24, 2.45) is 0 Å². The number of nitrogens with one attached hydrogen (secondary N) is 1. The van der Waals surface area contributed by atoms with E-state index in [4.69, 9.17) is 37.4 Å². The third-order valence-electron chi connectivity index (χ3n) is 3.67. The average molecular weight is 398 g/mol. The lowest BCUT2D eigenvalue weighted by atomic mass is 10.1. The number of carbonyl (C=O) groups excluding carboxylic acids is 1. The summed E-state index contributed by atoms with van der Waals surface area (Å²) in [7, 11) is 3.19. The van der Waals surface area contributed by atoms with Crippen LogP contribution < -0.4 is 19.5 Å². The third-order valence-corrected chi connectivity index (χ3v) is 4.41. The lowest BCUT2D eigenvalue weighted by molar-refractivity contribution is -0.121. The smallest absolute Gasteiger partial charge is 0.223 e. The predicted molar refractivity (Wildman–Crippen MR) is 103 cm³/mol. The molecule has 5 nitrogen and oxygen atoms in total. The number of ether oxygens (including phenoxy) is 3. The first-order chi connectivity index (χ1) is 12.5. The van der Waals surface area contributed by atoms with Crippen molar-refractivity contribution in [3.05, 3.63) is 52.0 Å². The summed E-state index contributed by atoms with van der Waals surface area (Å²) in [6.45, 7) is 0.793. The minimum absolute atomic E-state index is 0.0782. The van der Waals surface area contributed by atoms with Crippen molar-refractivity contribution in [2.45, 2.75) is 12.8 Å². The molecular weight excluding hydrogens is 377 g/mol. The molecule has 0 heterocycles. The first-order valence-electron chi connectivity index (χ1n) is 8.09. The van der Waals surface area contributed by atoms with Crippen molar-refractivity contribution < 1.29 is 19.0 Å². The molecule has 1 N–H and O–H groups in total. The van der Waals surface area contributed by atoms with E-state index in [1.807, 2.05) is 18.2 Å². The first-order valence-corrected chi connectivity index (χ1v) is 8.84. The number of methoxy groups -OCH3 is 2. The van der Waals surface area contributed by atoms with Gasteiger partial charge in [-0.25, -0.2) is 0 Å². The molecule has 2 rings (SSSR count). The molecule has 1 amide bonds. The zero-order chi connectivity index (χ0) is 18.9. The Morgan fingerprint density at radius 3 is 2.46 bits per heavy atom. The summed E-state index contributed by atoms with van der Waals surface area (Å²) in [5, 5.41) is 3.75. The highest BCUT2D eigenvalue weighted by molar-refractivity contribution is 6.42. The predicted octanol–water partition coefficient (Wildman–Crippen LogP) is 4.14. The Morgan fingerprint density at radius 1 is 1.00 bits per heavy atom. The van der Waals surface area contributed by atoms with E-state index in [-0.39, 0.29) is 18.9 Å². The van der Waals surface area contributed by atoms with Crippen molar-refractivity contribution in [1.29, 1.82) is 0 Å². The Kier molecular flexibility index (Phi) is 7.88. The van der Waals surface area contributed by atoms with Gasteiger partial charge in [-0.15, -0.1) is 0 Å². The first kappa shape index (κ1) is 20.2. The van der Waals surface area contributed by atoms with Gasteiger partial charge >= 0.3 is 0 Å². The molecule has 0 unspecified atom stereocenters. The standard InChI is InChI=1S/C19H21Cl2NO4/c1-24-17-6-3-13(11-18(17)25-2)7-9-22-19(23)8-10-26-14-4-5-15(20)16(21)12-14/h3-6,11-12H,7-10H2,1-2H3,(H,22,23). The average Bonchev–Trinajstić information content (AvgIpc) is 2.64.